The summed E-state index contributed by atoms with van der Waals surface area (Å²) in [5, 5.41) is 3.96. The second-order valence-electron chi connectivity index (χ2n) is 6.29. The first kappa shape index (κ1) is 14.0. The number of aromatic amines is 1. The van der Waals surface area contributed by atoms with Crippen LogP contribution in [0.1, 0.15) is 35.3 Å². The lowest BCUT2D eigenvalue weighted by Crippen LogP contribution is -2.13. The number of nitrogens with zero attached hydrogens (tertiary/aromatic N) is 1. The Labute approximate surface area is 134 Å². The fourth-order valence-corrected chi connectivity index (χ4v) is 3.07. The Morgan fingerprint density at radius 2 is 2.17 bits per heavy atom. The number of rotatable bonds is 4. The number of hydrogen-bond donors (Lipinski definition) is 2. The number of anilines is 1. The van der Waals surface area contributed by atoms with Crippen LogP contribution in [0.15, 0.2) is 48.8 Å². The lowest BCUT2D eigenvalue weighted by Gasteiger charge is -2.24. The van der Waals surface area contributed by atoms with E-state index in [-0.39, 0.29) is 5.91 Å². The molecule has 0 saturated heterocycles. The SMILES string of the molecule is O=C(Nc1ccc2ncccc2c1)c1cc(CC2CCC2)c[nH]1. The van der Waals surface area contributed by atoms with Gasteiger partial charge in [0.15, 0.2) is 0 Å². The molecule has 4 heteroatoms. The summed E-state index contributed by atoms with van der Waals surface area (Å²) in [5.74, 6) is 0.697. The molecule has 1 fully saturated rings. The Bertz CT molecular complexity index is 848. The van der Waals surface area contributed by atoms with Gasteiger partial charge in [-0.15, -0.1) is 0 Å². The summed E-state index contributed by atoms with van der Waals surface area (Å²) in [6.07, 6.45) is 8.78. The van der Waals surface area contributed by atoms with Gasteiger partial charge in [0.1, 0.15) is 5.69 Å². The van der Waals surface area contributed by atoms with Gasteiger partial charge in [0.25, 0.3) is 5.91 Å². The zero-order chi connectivity index (χ0) is 15.6. The van der Waals surface area contributed by atoms with Gasteiger partial charge in [-0.05, 0) is 48.2 Å². The minimum absolute atomic E-state index is 0.104. The lowest BCUT2D eigenvalue weighted by atomic mass is 9.81. The predicted octanol–water partition coefficient (Wildman–Crippen LogP) is 4.16. The lowest BCUT2D eigenvalue weighted by molar-refractivity contribution is 0.102. The third-order valence-corrected chi connectivity index (χ3v) is 4.60. The number of nitrogens with one attached hydrogen (secondary N) is 2. The number of aromatic nitrogens is 2. The molecule has 1 aliphatic carbocycles. The molecule has 0 unspecified atom stereocenters. The van der Waals surface area contributed by atoms with Crippen molar-refractivity contribution in [1.29, 1.82) is 0 Å². The molecule has 116 valence electrons. The third kappa shape index (κ3) is 2.97. The zero-order valence-corrected chi connectivity index (χ0v) is 12.9. The highest BCUT2D eigenvalue weighted by Gasteiger charge is 2.19. The minimum atomic E-state index is -0.104. The number of H-pyrrole nitrogens is 1. The van der Waals surface area contributed by atoms with E-state index in [1.54, 1.807) is 6.20 Å². The van der Waals surface area contributed by atoms with Gasteiger partial charge in [-0.1, -0.05) is 25.3 Å². The second-order valence-corrected chi connectivity index (χ2v) is 6.29. The molecule has 4 rings (SSSR count). The van der Waals surface area contributed by atoms with Gasteiger partial charge < -0.3 is 10.3 Å². The largest absolute Gasteiger partial charge is 0.357 e. The highest BCUT2D eigenvalue weighted by Crippen LogP contribution is 2.29. The topological polar surface area (TPSA) is 57.8 Å². The summed E-state index contributed by atoms with van der Waals surface area (Å²) in [6, 6.07) is 11.6. The van der Waals surface area contributed by atoms with Crippen molar-refractivity contribution in [3.8, 4) is 0 Å². The van der Waals surface area contributed by atoms with Crippen molar-refractivity contribution in [2.24, 2.45) is 5.92 Å². The molecule has 1 saturated carbocycles. The zero-order valence-electron chi connectivity index (χ0n) is 12.9. The van der Waals surface area contributed by atoms with E-state index >= 15 is 0 Å². The van der Waals surface area contributed by atoms with Crippen LogP contribution >= 0.6 is 0 Å². The molecule has 2 heterocycles. The summed E-state index contributed by atoms with van der Waals surface area (Å²) < 4.78 is 0. The first-order chi connectivity index (χ1) is 11.3. The molecule has 0 bridgehead atoms. The van der Waals surface area contributed by atoms with Crippen molar-refractivity contribution in [2.75, 3.05) is 5.32 Å². The number of carbonyl (C=O) groups excluding carboxylic acids is 1. The van der Waals surface area contributed by atoms with Crippen LogP contribution in [-0.2, 0) is 6.42 Å². The van der Waals surface area contributed by atoms with Crippen LogP contribution in [0.4, 0.5) is 5.69 Å². The number of pyridine rings is 1. The van der Waals surface area contributed by atoms with Crippen molar-refractivity contribution in [2.45, 2.75) is 25.7 Å². The molecular weight excluding hydrogens is 286 g/mol. The van der Waals surface area contributed by atoms with E-state index in [4.69, 9.17) is 0 Å². The van der Waals surface area contributed by atoms with Gasteiger partial charge in [0.2, 0.25) is 0 Å². The molecule has 0 aliphatic heterocycles. The van der Waals surface area contributed by atoms with Crippen LogP contribution in [0.3, 0.4) is 0 Å². The Hall–Kier alpha value is -2.62. The Kier molecular flexibility index (Phi) is 3.58. The van der Waals surface area contributed by atoms with Gasteiger partial charge in [-0.2, -0.15) is 0 Å². The monoisotopic (exact) mass is 305 g/mol. The van der Waals surface area contributed by atoms with E-state index in [1.807, 2.05) is 42.6 Å². The minimum Gasteiger partial charge on any atom is -0.357 e. The van der Waals surface area contributed by atoms with Crippen LogP contribution in [0.2, 0.25) is 0 Å². The molecular formula is C19H19N3O. The summed E-state index contributed by atoms with van der Waals surface area (Å²) in [6.45, 7) is 0. The van der Waals surface area contributed by atoms with E-state index in [2.05, 4.69) is 15.3 Å². The number of benzene rings is 1. The van der Waals surface area contributed by atoms with E-state index in [9.17, 15) is 4.79 Å². The fourth-order valence-electron chi connectivity index (χ4n) is 3.07. The molecule has 3 aromatic rings. The van der Waals surface area contributed by atoms with Gasteiger partial charge in [0.05, 0.1) is 5.52 Å². The molecule has 2 N–H and O–H groups in total. The summed E-state index contributed by atoms with van der Waals surface area (Å²) in [7, 11) is 0. The van der Waals surface area contributed by atoms with Gasteiger partial charge in [0, 0.05) is 23.5 Å². The van der Waals surface area contributed by atoms with E-state index < -0.39 is 0 Å². The Morgan fingerprint density at radius 3 is 3.00 bits per heavy atom. The van der Waals surface area contributed by atoms with Gasteiger partial charge in [-0.3, -0.25) is 9.78 Å². The normalized spacial score (nSPS) is 14.6. The van der Waals surface area contributed by atoms with Crippen LogP contribution in [-0.4, -0.2) is 15.9 Å². The van der Waals surface area contributed by atoms with Crippen LogP contribution in [0.25, 0.3) is 10.9 Å². The van der Waals surface area contributed by atoms with Gasteiger partial charge >= 0.3 is 0 Å². The maximum absolute atomic E-state index is 12.4. The molecule has 23 heavy (non-hydrogen) atoms. The average Bonchev–Trinajstić information content (AvgIpc) is 3.00. The standard InChI is InChI=1S/C19H19N3O/c23-19(18-10-14(12-21-18)9-13-3-1-4-13)22-16-6-7-17-15(11-16)5-2-8-20-17/h2,5-8,10-13,21H,1,3-4,9H2,(H,22,23). The smallest absolute Gasteiger partial charge is 0.272 e. The Balaban J connectivity index is 1.47. The van der Waals surface area contributed by atoms with Crippen LogP contribution < -0.4 is 5.32 Å². The van der Waals surface area contributed by atoms with Gasteiger partial charge in [-0.25, -0.2) is 0 Å². The maximum Gasteiger partial charge on any atom is 0.272 e. The molecule has 0 atom stereocenters. The average molecular weight is 305 g/mol. The van der Waals surface area contributed by atoms with Crippen molar-refractivity contribution < 1.29 is 4.79 Å². The molecule has 0 spiro atoms. The second kappa shape index (κ2) is 5.88. The quantitative estimate of drug-likeness (QED) is 0.760. The molecule has 2 aromatic heterocycles. The molecule has 1 aromatic carbocycles. The first-order valence-electron chi connectivity index (χ1n) is 8.11. The Morgan fingerprint density at radius 1 is 1.26 bits per heavy atom. The van der Waals surface area contributed by atoms with Crippen molar-refractivity contribution in [1.82, 2.24) is 9.97 Å². The molecule has 1 aliphatic rings. The van der Waals surface area contributed by atoms with Crippen LogP contribution in [0, 0.1) is 5.92 Å². The van der Waals surface area contributed by atoms with Crippen molar-refractivity contribution >= 4 is 22.5 Å². The summed E-state index contributed by atoms with van der Waals surface area (Å²) >= 11 is 0. The van der Waals surface area contributed by atoms with Crippen molar-refractivity contribution in [3.05, 3.63) is 60.0 Å². The van der Waals surface area contributed by atoms with Crippen LogP contribution in [0.5, 0.6) is 0 Å². The molecule has 4 nitrogen and oxygen atoms in total. The van der Waals surface area contributed by atoms with E-state index in [0.717, 1.165) is 28.9 Å². The first-order valence-corrected chi connectivity index (χ1v) is 8.11. The number of fused-ring (bicyclic) bond motifs is 1. The van der Waals surface area contributed by atoms with Crippen molar-refractivity contribution in [3.63, 3.8) is 0 Å². The third-order valence-electron chi connectivity index (χ3n) is 4.60. The highest BCUT2D eigenvalue weighted by atomic mass is 16.1. The molecule has 0 radical (unpaired) electrons. The number of hydrogen-bond acceptors (Lipinski definition) is 2. The molecule has 1 amide bonds. The summed E-state index contributed by atoms with van der Waals surface area (Å²) in [4.78, 5) is 19.8. The predicted molar refractivity (Wildman–Crippen MR) is 91.5 cm³/mol. The van der Waals surface area contributed by atoms with E-state index in [1.165, 1.54) is 24.8 Å². The highest BCUT2D eigenvalue weighted by molar-refractivity contribution is 6.04. The summed E-state index contributed by atoms with van der Waals surface area (Å²) in [5.41, 5.74) is 3.55. The number of carbonyl (C=O) groups is 1. The van der Waals surface area contributed by atoms with E-state index in [0.29, 0.717) is 5.69 Å². The fraction of sp³-hybridized carbons (Fsp3) is 0.263. The number of amides is 1. The maximum atomic E-state index is 12.4.